The molecule has 0 bridgehead atoms. The Hall–Kier alpha value is -2.29. The van der Waals surface area contributed by atoms with E-state index in [2.05, 4.69) is 5.32 Å². The van der Waals surface area contributed by atoms with E-state index < -0.39 is 28.5 Å². The van der Waals surface area contributed by atoms with E-state index in [4.69, 9.17) is 23.2 Å². The summed E-state index contributed by atoms with van der Waals surface area (Å²) < 4.78 is 26.3. The molecule has 1 atom stereocenters. The summed E-state index contributed by atoms with van der Waals surface area (Å²) >= 11 is 12.3. The van der Waals surface area contributed by atoms with Gasteiger partial charge in [-0.05, 0) is 55.7 Å². The van der Waals surface area contributed by atoms with Gasteiger partial charge in [-0.2, -0.15) is 0 Å². The van der Waals surface area contributed by atoms with Gasteiger partial charge in [0.25, 0.3) is 0 Å². The molecule has 0 saturated heterocycles. The Morgan fingerprint density at radius 1 is 1.12 bits per heavy atom. The number of nitrogens with zero attached hydrogens (tertiary/aromatic N) is 2. The van der Waals surface area contributed by atoms with Crippen LogP contribution in [0, 0.1) is 6.92 Å². The van der Waals surface area contributed by atoms with Crippen molar-refractivity contribution < 1.29 is 18.0 Å². The number of anilines is 1. The minimum atomic E-state index is -3.82. The molecule has 0 saturated carbocycles. The normalized spacial score (nSPS) is 12.2. The molecular formula is C24H31Cl2N3O4S. The summed E-state index contributed by atoms with van der Waals surface area (Å²) in [6.07, 6.45) is 2.77. The highest BCUT2D eigenvalue weighted by molar-refractivity contribution is 7.92. The second kappa shape index (κ2) is 12.4. The zero-order chi connectivity index (χ0) is 25.5. The quantitative estimate of drug-likeness (QED) is 0.438. The van der Waals surface area contributed by atoms with Crippen LogP contribution in [0.2, 0.25) is 10.0 Å². The lowest BCUT2D eigenvalue weighted by molar-refractivity contribution is -0.139. The van der Waals surface area contributed by atoms with Crippen molar-refractivity contribution in [2.45, 2.75) is 46.2 Å². The van der Waals surface area contributed by atoms with Crippen LogP contribution in [0.25, 0.3) is 0 Å². The summed E-state index contributed by atoms with van der Waals surface area (Å²) in [5.41, 5.74) is 1.57. The highest BCUT2D eigenvalue weighted by Crippen LogP contribution is 2.28. The number of unbranched alkanes of at least 4 members (excludes halogenated alkanes) is 1. The summed E-state index contributed by atoms with van der Waals surface area (Å²) in [5.74, 6) is -0.836. The SMILES string of the molecule is CCCCNC(=O)[C@H](C)N(Cc1cccc(Cl)c1)C(=O)CN(c1cccc(Cl)c1C)S(C)(=O)=O. The Morgan fingerprint density at radius 3 is 2.41 bits per heavy atom. The molecule has 0 unspecified atom stereocenters. The Bertz CT molecular complexity index is 1120. The van der Waals surface area contributed by atoms with Crippen molar-refractivity contribution >= 4 is 50.7 Å². The smallest absolute Gasteiger partial charge is 0.244 e. The third-order valence-corrected chi connectivity index (χ3v) is 7.20. The Labute approximate surface area is 212 Å². The standard InChI is InChI=1S/C24H31Cl2N3O4S/c1-5-6-13-27-24(31)18(3)28(15-19-9-7-10-20(25)14-19)23(30)16-29(34(4,32)33)22-12-8-11-21(26)17(22)2/h7-12,14,18H,5-6,13,15-16H2,1-4H3,(H,27,31)/t18-/m0/s1. The number of nitrogens with one attached hydrogen (secondary N) is 1. The monoisotopic (exact) mass is 527 g/mol. The third kappa shape index (κ3) is 7.61. The second-order valence-electron chi connectivity index (χ2n) is 8.13. The third-order valence-electron chi connectivity index (χ3n) is 5.43. The highest BCUT2D eigenvalue weighted by Gasteiger charge is 2.30. The van der Waals surface area contributed by atoms with Crippen LogP contribution in [0.1, 0.15) is 37.8 Å². The number of benzene rings is 2. The number of hydrogen-bond donors (Lipinski definition) is 1. The lowest BCUT2D eigenvalue weighted by Gasteiger charge is -2.32. The highest BCUT2D eigenvalue weighted by atomic mass is 35.5. The average Bonchev–Trinajstić information content (AvgIpc) is 2.76. The van der Waals surface area contributed by atoms with Crippen LogP contribution in [0.3, 0.4) is 0 Å². The lowest BCUT2D eigenvalue weighted by atomic mass is 10.1. The molecule has 0 fully saturated rings. The van der Waals surface area contributed by atoms with E-state index in [1.54, 1.807) is 56.3 Å². The first kappa shape index (κ1) is 28.0. The first-order valence-electron chi connectivity index (χ1n) is 11.0. The summed E-state index contributed by atoms with van der Waals surface area (Å²) in [6, 6.07) is 11.0. The van der Waals surface area contributed by atoms with Gasteiger partial charge in [0.15, 0.2) is 0 Å². The maximum Gasteiger partial charge on any atom is 0.244 e. The molecular weight excluding hydrogens is 497 g/mol. The lowest BCUT2D eigenvalue weighted by Crippen LogP contribution is -2.51. The number of carbonyl (C=O) groups is 2. The molecule has 0 radical (unpaired) electrons. The van der Waals surface area contributed by atoms with Crippen molar-refractivity contribution in [3.05, 3.63) is 63.6 Å². The van der Waals surface area contributed by atoms with E-state index in [-0.39, 0.29) is 12.5 Å². The molecule has 2 rings (SSSR count). The van der Waals surface area contributed by atoms with Gasteiger partial charge in [0.1, 0.15) is 12.6 Å². The average molecular weight is 529 g/mol. The van der Waals surface area contributed by atoms with Gasteiger partial charge in [-0.1, -0.05) is 54.7 Å². The van der Waals surface area contributed by atoms with Crippen molar-refractivity contribution in [3.8, 4) is 0 Å². The minimum absolute atomic E-state index is 0.0912. The molecule has 0 aliphatic heterocycles. The van der Waals surface area contributed by atoms with Crippen LogP contribution in [0.4, 0.5) is 5.69 Å². The Kier molecular flexibility index (Phi) is 10.2. The van der Waals surface area contributed by atoms with Crippen molar-refractivity contribution in [3.63, 3.8) is 0 Å². The number of carbonyl (C=O) groups excluding carboxylic acids is 2. The van der Waals surface area contributed by atoms with Gasteiger partial charge in [0.05, 0.1) is 11.9 Å². The van der Waals surface area contributed by atoms with E-state index in [1.165, 1.54) is 4.90 Å². The largest absolute Gasteiger partial charge is 0.354 e. The number of rotatable bonds is 11. The first-order chi connectivity index (χ1) is 16.0. The van der Waals surface area contributed by atoms with Gasteiger partial charge < -0.3 is 10.2 Å². The van der Waals surface area contributed by atoms with Gasteiger partial charge in [-0.15, -0.1) is 0 Å². The number of halogens is 2. The fourth-order valence-corrected chi connectivity index (χ4v) is 4.69. The molecule has 0 aromatic heterocycles. The minimum Gasteiger partial charge on any atom is -0.354 e. The topological polar surface area (TPSA) is 86.8 Å². The van der Waals surface area contributed by atoms with E-state index in [0.29, 0.717) is 27.8 Å². The Balaban J connectivity index is 2.39. The molecule has 0 aliphatic rings. The summed E-state index contributed by atoms with van der Waals surface area (Å²) in [7, 11) is -3.82. The van der Waals surface area contributed by atoms with Crippen molar-refractivity contribution in [2.75, 3.05) is 23.7 Å². The van der Waals surface area contributed by atoms with Crippen LogP contribution in [0.15, 0.2) is 42.5 Å². The molecule has 2 aromatic rings. The number of hydrogen-bond acceptors (Lipinski definition) is 4. The maximum absolute atomic E-state index is 13.5. The van der Waals surface area contributed by atoms with E-state index in [9.17, 15) is 18.0 Å². The number of sulfonamides is 1. The van der Waals surface area contributed by atoms with E-state index in [1.807, 2.05) is 6.92 Å². The molecule has 10 heteroatoms. The molecule has 34 heavy (non-hydrogen) atoms. The summed E-state index contributed by atoms with van der Waals surface area (Å²) in [5, 5.41) is 3.72. The molecule has 0 aliphatic carbocycles. The van der Waals surface area contributed by atoms with Gasteiger partial charge in [0, 0.05) is 23.1 Å². The predicted molar refractivity (Wildman–Crippen MR) is 138 cm³/mol. The fourth-order valence-electron chi connectivity index (χ4n) is 3.41. The van der Waals surface area contributed by atoms with Gasteiger partial charge >= 0.3 is 0 Å². The maximum atomic E-state index is 13.5. The summed E-state index contributed by atoms with van der Waals surface area (Å²) in [4.78, 5) is 27.7. The zero-order valence-corrected chi connectivity index (χ0v) is 22.2. The van der Waals surface area contributed by atoms with Crippen LogP contribution in [-0.2, 0) is 26.2 Å². The van der Waals surface area contributed by atoms with Crippen molar-refractivity contribution in [1.29, 1.82) is 0 Å². The first-order valence-corrected chi connectivity index (χ1v) is 13.6. The second-order valence-corrected chi connectivity index (χ2v) is 10.9. The predicted octanol–water partition coefficient (Wildman–Crippen LogP) is 4.40. The molecule has 1 N–H and O–H groups in total. The molecule has 7 nitrogen and oxygen atoms in total. The van der Waals surface area contributed by atoms with Crippen molar-refractivity contribution in [1.82, 2.24) is 10.2 Å². The van der Waals surface area contributed by atoms with Crippen LogP contribution >= 0.6 is 23.2 Å². The fraction of sp³-hybridized carbons (Fsp3) is 0.417. The van der Waals surface area contributed by atoms with E-state index >= 15 is 0 Å². The molecule has 0 spiro atoms. The molecule has 0 heterocycles. The van der Waals surface area contributed by atoms with Gasteiger partial charge in [0.2, 0.25) is 21.8 Å². The van der Waals surface area contributed by atoms with Gasteiger partial charge in [-0.3, -0.25) is 13.9 Å². The number of amides is 2. The van der Waals surface area contributed by atoms with Crippen LogP contribution in [-0.4, -0.2) is 50.5 Å². The summed E-state index contributed by atoms with van der Waals surface area (Å²) in [6.45, 7) is 5.44. The van der Waals surface area contributed by atoms with Crippen LogP contribution < -0.4 is 9.62 Å². The van der Waals surface area contributed by atoms with Crippen LogP contribution in [0.5, 0.6) is 0 Å². The Morgan fingerprint density at radius 2 is 1.79 bits per heavy atom. The molecule has 2 amide bonds. The molecule has 2 aromatic carbocycles. The molecule has 186 valence electrons. The van der Waals surface area contributed by atoms with Gasteiger partial charge in [-0.25, -0.2) is 8.42 Å². The van der Waals surface area contributed by atoms with Crippen molar-refractivity contribution in [2.24, 2.45) is 0 Å². The van der Waals surface area contributed by atoms with E-state index in [0.717, 1.165) is 29.0 Å². The zero-order valence-electron chi connectivity index (χ0n) is 19.8.